The van der Waals surface area contributed by atoms with Gasteiger partial charge >= 0.3 is 0 Å². The molecule has 1 saturated heterocycles. The Labute approximate surface area is 155 Å². The molecule has 7 heteroatoms. The van der Waals surface area contributed by atoms with Gasteiger partial charge < -0.3 is 9.30 Å². The van der Waals surface area contributed by atoms with Crippen molar-refractivity contribution in [3.05, 3.63) is 64.8 Å². The monoisotopic (exact) mass is 369 g/mol. The lowest BCUT2D eigenvalue weighted by molar-refractivity contribution is 0.247. The quantitative estimate of drug-likeness (QED) is 0.710. The Hall–Kier alpha value is -2.62. The molecule has 0 aliphatic carbocycles. The molecular formula is C19H17ClFN5. The van der Waals surface area contributed by atoms with Gasteiger partial charge in [0.2, 0.25) is 0 Å². The summed E-state index contributed by atoms with van der Waals surface area (Å²) in [5.41, 5.74) is 2.77. The maximum Gasteiger partial charge on any atom is 0.147 e. The number of piperazine rings is 1. The first-order chi connectivity index (χ1) is 12.6. The van der Waals surface area contributed by atoms with Crippen molar-refractivity contribution < 1.29 is 4.39 Å². The summed E-state index contributed by atoms with van der Waals surface area (Å²) in [7, 11) is 0. The van der Waals surface area contributed by atoms with Gasteiger partial charge in [-0.25, -0.2) is 9.37 Å². The number of nitriles is 1. The highest BCUT2D eigenvalue weighted by Crippen LogP contribution is 2.22. The van der Waals surface area contributed by atoms with E-state index in [4.69, 9.17) is 16.9 Å². The van der Waals surface area contributed by atoms with Crippen molar-refractivity contribution in [1.82, 2.24) is 14.3 Å². The molecule has 1 aliphatic heterocycles. The van der Waals surface area contributed by atoms with Gasteiger partial charge in [-0.3, -0.25) is 4.90 Å². The van der Waals surface area contributed by atoms with E-state index in [-0.39, 0.29) is 5.82 Å². The first-order valence-electron chi connectivity index (χ1n) is 8.42. The Kier molecular flexibility index (Phi) is 4.49. The topological polar surface area (TPSA) is 47.6 Å². The second-order valence-corrected chi connectivity index (χ2v) is 6.82. The fraction of sp³-hybridized carbons (Fsp3) is 0.263. The minimum absolute atomic E-state index is 0.338. The van der Waals surface area contributed by atoms with Crippen LogP contribution in [0.2, 0.25) is 5.02 Å². The number of halogens is 2. The van der Waals surface area contributed by atoms with Crippen molar-refractivity contribution >= 4 is 22.9 Å². The SMILES string of the molecule is N#Cc1ccc(N2CCN(Cc3cn4cc(Cl)ccc4n3)CC2)c(F)c1. The van der Waals surface area contributed by atoms with Crippen molar-refractivity contribution in [2.45, 2.75) is 6.54 Å². The van der Waals surface area contributed by atoms with Crippen LogP contribution >= 0.6 is 11.6 Å². The number of fused-ring (bicyclic) bond motifs is 1. The van der Waals surface area contributed by atoms with Crippen molar-refractivity contribution in [3.8, 4) is 6.07 Å². The van der Waals surface area contributed by atoms with Crippen LogP contribution in [-0.4, -0.2) is 40.5 Å². The minimum Gasteiger partial charge on any atom is -0.367 e. The van der Waals surface area contributed by atoms with Gasteiger partial charge in [-0.2, -0.15) is 5.26 Å². The molecule has 0 amide bonds. The molecule has 1 aromatic carbocycles. The highest BCUT2D eigenvalue weighted by Gasteiger charge is 2.20. The molecule has 3 heterocycles. The number of imidazole rings is 1. The van der Waals surface area contributed by atoms with Gasteiger partial charge in [0.15, 0.2) is 0 Å². The Morgan fingerprint density at radius 3 is 2.65 bits per heavy atom. The Bertz CT molecular complexity index is 985. The Balaban J connectivity index is 1.41. The van der Waals surface area contributed by atoms with Crippen molar-refractivity contribution in [2.75, 3.05) is 31.1 Å². The Morgan fingerprint density at radius 1 is 1.12 bits per heavy atom. The number of pyridine rings is 1. The largest absolute Gasteiger partial charge is 0.367 e. The van der Waals surface area contributed by atoms with Crippen LogP contribution in [0.1, 0.15) is 11.3 Å². The third kappa shape index (κ3) is 3.36. The average Bonchev–Trinajstić information content (AvgIpc) is 3.03. The first-order valence-corrected chi connectivity index (χ1v) is 8.80. The molecule has 0 bridgehead atoms. The molecule has 4 rings (SSSR count). The lowest BCUT2D eigenvalue weighted by atomic mass is 10.2. The molecule has 26 heavy (non-hydrogen) atoms. The summed E-state index contributed by atoms with van der Waals surface area (Å²) >= 11 is 6.01. The number of nitrogens with zero attached hydrogens (tertiary/aromatic N) is 5. The summed E-state index contributed by atoms with van der Waals surface area (Å²) in [6, 6.07) is 10.3. The van der Waals surface area contributed by atoms with E-state index in [1.165, 1.54) is 6.07 Å². The molecule has 0 unspecified atom stereocenters. The summed E-state index contributed by atoms with van der Waals surface area (Å²) in [6.45, 7) is 3.88. The third-order valence-corrected chi connectivity index (χ3v) is 4.86. The third-order valence-electron chi connectivity index (χ3n) is 4.64. The predicted molar refractivity (Wildman–Crippen MR) is 98.8 cm³/mol. The van der Waals surface area contributed by atoms with Gasteiger partial charge in [0.05, 0.1) is 28.0 Å². The zero-order valence-corrected chi connectivity index (χ0v) is 14.8. The van der Waals surface area contributed by atoms with Crippen molar-refractivity contribution in [2.24, 2.45) is 0 Å². The van der Waals surface area contributed by atoms with E-state index in [9.17, 15) is 4.39 Å². The standard InChI is InChI=1S/C19H17ClFN5/c20-15-2-4-19-23-16(13-26(19)11-15)12-24-5-7-25(8-6-24)18-3-1-14(10-22)9-17(18)21/h1-4,9,11,13H,5-8,12H2. The maximum absolute atomic E-state index is 14.2. The number of hydrogen-bond acceptors (Lipinski definition) is 4. The fourth-order valence-electron chi connectivity index (χ4n) is 3.30. The van der Waals surface area contributed by atoms with Crippen LogP contribution in [0.15, 0.2) is 42.7 Å². The maximum atomic E-state index is 14.2. The molecule has 0 saturated carbocycles. The van der Waals surface area contributed by atoms with Crippen LogP contribution in [0.5, 0.6) is 0 Å². The van der Waals surface area contributed by atoms with Gasteiger partial charge in [0, 0.05) is 45.1 Å². The summed E-state index contributed by atoms with van der Waals surface area (Å²) in [5.74, 6) is -0.338. The van der Waals surface area contributed by atoms with Crippen LogP contribution in [0.3, 0.4) is 0 Å². The highest BCUT2D eigenvalue weighted by atomic mass is 35.5. The molecule has 132 valence electrons. The molecule has 0 atom stereocenters. The first kappa shape index (κ1) is 16.8. The smallest absolute Gasteiger partial charge is 0.147 e. The van der Waals surface area contributed by atoms with E-state index in [0.717, 1.165) is 44.1 Å². The molecule has 0 radical (unpaired) electrons. The molecule has 1 aliphatic rings. The van der Waals surface area contributed by atoms with E-state index in [1.807, 2.05) is 39.9 Å². The van der Waals surface area contributed by atoms with Gasteiger partial charge in [0.25, 0.3) is 0 Å². The van der Waals surface area contributed by atoms with E-state index in [2.05, 4.69) is 9.88 Å². The average molecular weight is 370 g/mol. The lowest BCUT2D eigenvalue weighted by Gasteiger charge is -2.35. The molecule has 3 aromatic rings. The Morgan fingerprint density at radius 2 is 1.92 bits per heavy atom. The van der Waals surface area contributed by atoms with Crippen LogP contribution < -0.4 is 4.90 Å². The summed E-state index contributed by atoms with van der Waals surface area (Å²) in [6.07, 6.45) is 3.84. The minimum atomic E-state index is -0.338. The lowest BCUT2D eigenvalue weighted by Crippen LogP contribution is -2.46. The highest BCUT2D eigenvalue weighted by molar-refractivity contribution is 6.30. The molecule has 5 nitrogen and oxygen atoms in total. The van der Waals surface area contributed by atoms with E-state index in [0.29, 0.717) is 16.3 Å². The number of hydrogen-bond donors (Lipinski definition) is 0. The van der Waals surface area contributed by atoms with Crippen molar-refractivity contribution in [3.63, 3.8) is 0 Å². The molecule has 1 fully saturated rings. The van der Waals surface area contributed by atoms with Gasteiger partial charge in [-0.1, -0.05) is 11.6 Å². The van der Waals surface area contributed by atoms with E-state index < -0.39 is 0 Å². The summed E-state index contributed by atoms with van der Waals surface area (Å²) < 4.78 is 16.1. The second-order valence-electron chi connectivity index (χ2n) is 6.39. The van der Waals surface area contributed by atoms with Gasteiger partial charge in [-0.05, 0) is 30.3 Å². The summed E-state index contributed by atoms with van der Waals surface area (Å²) in [5, 5.41) is 9.53. The number of benzene rings is 1. The molecule has 0 spiro atoms. The van der Waals surface area contributed by atoms with Crippen LogP contribution in [0.25, 0.3) is 5.65 Å². The van der Waals surface area contributed by atoms with Crippen molar-refractivity contribution in [1.29, 1.82) is 5.26 Å². The number of aromatic nitrogens is 2. The summed E-state index contributed by atoms with van der Waals surface area (Å²) in [4.78, 5) is 8.95. The normalized spacial score (nSPS) is 15.3. The van der Waals surface area contributed by atoms with Crippen LogP contribution in [0, 0.1) is 17.1 Å². The molecular weight excluding hydrogens is 353 g/mol. The van der Waals surface area contributed by atoms with Gasteiger partial charge in [0.1, 0.15) is 11.5 Å². The molecule has 0 N–H and O–H groups in total. The number of rotatable bonds is 3. The van der Waals surface area contributed by atoms with Crippen LogP contribution in [-0.2, 0) is 6.54 Å². The predicted octanol–water partition coefficient (Wildman–Crippen LogP) is 3.32. The zero-order chi connectivity index (χ0) is 18.1. The van der Waals surface area contributed by atoms with Crippen LogP contribution in [0.4, 0.5) is 10.1 Å². The van der Waals surface area contributed by atoms with Gasteiger partial charge in [-0.15, -0.1) is 0 Å². The fourth-order valence-corrected chi connectivity index (χ4v) is 3.47. The molecule has 2 aromatic heterocycles. The van der Waals surface area contributed by atoms with E-state index in [1.54, 1.807) is 12.1 Å². The van der Waals surface area contributed by atoms with E-state index >= 15 is 0 Å². The zero-order valence-electron chi connectivity index (χ0n) is 14.1. The second kappa shape index (κ2) is 6.94. The number of anilines is 1.